The molecule has 4 nitrogen and oxygen atoms in total. The molecule has 2 unspecified atom stereocenters. The molecule has 0 aromatic heterocycles. The van der Waals surface area contributed by atoms with Gasteiger partial charge in [0.15, 0.2) is 0 Å². The van der Waals surface area contributed by atoms with Gasteiger partial charge >= 0.3 is 5.51 Å². The van der Waals surface area contributed by atoms with Crippen molar-refractivity contribution in [2.24, 2.45) is 5.92 Å². The highest BCUT2D eigenvalue weighted by Crippen LogP contribution is 2.37. The Bertz CT molecular complexity index is 675. The topological polar surface area (TPSA) is 46.6 Å². The summed E-state index contributed by atoms with van der Waals surface area (Å²) in [7, 11) is -4.15. The van der Waals surface area contributed by atoms with Gasteiger partial charge in [-0.05, 0) is 30.5 Å². The van der Waals surface area contributed by atoms with Crippen molar-refractivity contribution >= 4 is 15.5 Å². The maximum Gasteiger partial charge on any atom is 0.501 e. The molecule has 1 saturated heterocycles. The highest BCUT2D eigenvalue weighted by atomic mass is 32.2. The molecule has 0 saturated carbocycles. The molecule has 0 radical (unpaired) electrons. The van der Waals surface area contributed by atoms with Crippen LogP contribution in [0.2, 0.25) is 0 Å². The third-order valence-corrected chi connectivity index (χ3v) is 5.56. The van der Waals surface area contributed by atoms with Crippen LogP contribution in [-0.2, 0) is 14.6 Å². The summed E-state index contributed by atoms with van der Waals surface area (Å²) in [5, 5.41) is 0. The van der Waals surface area contributed by atoms with E-state index in [9.17, 15) is 26.0 Å². The Labute approximate surface area is 132 Å². The lowest BCUT2D eigenvalue weighted by Gasteiger charge is -2.38. The van der Waals surface area contributed by atoms with Crippen molar-refractivity contribution in [3.05, 3.63) is 24.0 Å². The first-order valence-electron chi connectivity index (χ1n) is 6.96. The van der Waals surface area contributed by atoms with Gasteiger partial charge in [-0.2, -0.15) is 13.2 Å². The number of benzene rings is 1. The van der Waals surface area contributed by atoms with Crippen LogP contribution in [0, 0.1) is 11.7 Å². The van der Waals surface area contributed by atoms with Crippen molar-refractivity contribution in [2.75, 3.05) is 25.1 Å². The quantitative estimate of drug-likeness (QED) is 0.782. The number of hydrogen-bond acceptors (Lipinski definition) is 4. The van der Waals surface area contributed by atoms with Crippen molar-refractivity contribution in [3.8, 4) is 0 Å². The van der Waals surface area contributed by atoms with E-state index in [2.05, 4.69) is 0 Å². The summed E-state index contributed by atoms with van der Waals surface area (Å²) >= 11 is 0. The fourth-order valence-corrected chi connectivity index (χ4v) is 3.64. The molecule has 0 N–H and O–H groups in total. The van der Waals surface area contributed by atoms with Crippen LogP contribution in [0.25, 0.3) is 0 Å². The third kappa shape index (κ3) is 3.45. The van der Waals surface area contributed by atoms with Crippen molar-refractivity contribution < 1.29 is 30.7 Å². The van der Waals surface area contributed by atoms with Crippen LogP contribution in [0.3, 0.4) is 0 Å². The van der Waals surface area contributed by atoms with Crippen LogP contribution in [0.1, 0.15) is 13.3 Å². The van der Waals surface area contributed by atoms with Crippen LogP contribution in [0.4, 0.5) is 23.2 Å². The Kier molecular flexibility index (Phi) is 4.91. The molecule has 0 bridgehead atoms. The van der Waals surface area contributed by atoms with Crippen molar-refractivity contribution in [1.29, 1.82) is 0 Å². The first kappa shape index (κ1) is 18.0. The second-order valence-electron chi connectivity index (χ2n) is 5.55. The Morgan fingerprint density at radius 2 is 1.96 bits per heavy atom. The van der Waals surface area contributed by atoms with E-state index in [1.165, 1.54) is 12.0 Å². The molecule has 9 heteroatoms. The number of alkyl halides is 3. The highest BCUT2D eigenvalue weighted by Gasteiger charge is 2.48. The van der Waals surface area contributed by atoms with E-state index in [0.717, 1.165) is 12.1 Å². The molecule has 1 fully saturated rings. The zero-order chi connectivity index (χ0) is 17.4. The van der Waals surface area contributed by atoms with Crippen LogP contribution in [0.15, 0.2) is 23.1 Å². The zero-order valence-electron chi connectivity index (χ0n) is 12.6. The van der Waals surface area contributed by atoms with Gasteiger partial charge in [-0.25, -0.2) is 12.8 Å². The highest BCUT2D eigenvalue weighted by molar-refractivity contribution is 7.92. The number of methoxy groups -OCH3 is 1. The summed E-state index contributed by atoms with van der Waals surface area (Å²) in [5.41, 5.74) is -5.64. The third-order valence-electron chi connectivity index (χ3n) is 4.05. The van der Waals surface area contributed by atoms with E-state index in [1.807, 2.05) is 6.92 Å². The van der Waals surface area contributed by atoms with Gasteiger partial charge in [0.25, 0.3) is 9.84 Å². The monoisotopic (exact) mass is 355 g/mol. The fourth-order valence-electron chi connectivity index (χ4n) is 2.65. The van der Waals surface area contributed by atoms with Crippen molar-refractivity contribution in [1.82, 2.24) is 0 Å². The number of anilines is 1. The molecule has 1 aliphatic rings. The molecule has 0 amide bonds. The van der Waals surface area contributed by atoms with E-state index in [0.29, 0.717) is 19.0 Å². The molecule has 1 aromatic rings. The maximum atomic E-state index is 13.4. The second-order valence-corrected chi connectivity index (χ2v) is 7.46. The predicted molar refractivity (Wildman–Crippen MR) is 76.4 cm³/mol. The first-order valence-corrected chi connectivity index (χ1v) is 8.45. The molecular weight excluding hydrogens is 338 g/mol. The van der Waals surface area contributed by atoms with Gasteiger partial charge in [0.2, 0.25) is 0 Å². The molecule has 1 aliphatic heterocycles. The van der Waals surface area contributed by atoms with Gasteiger partial charge in [0, 0.05) is 20.2 Å². The first-order chi connectivity index (χ1) is 10.6. The second kappa shape index (κ2) is 6.27. The van der Waals surface area contributed by atoms with Crippen LogP contribution in [-0.4, -0.2) is 40.2 Å². The van der Waals surface area contributed by atoms with Crippen molar-refractivity contribution in [3.63, 3.8) is 0 Å². The van der Waals surface area contributed by atoms with E-state index in [4.69, 9.17) is 4.74 Å². The smallest absolute Gasteiger partial charge is 0.379 e. The summed E-state index contributed by atoms with van der Waals surface area (Å²) in [6.07, 6.45) is 0.386. The van der Waals surface area contributed by atoms with Crippen LogP contribution >= 0.6 is 0 Å². The number of sulfone groups is 1. The normalized spacial score (nSPS) is 23.1. The predicted octanol–water partition coefficient (Wildman–Crippen LogP) is 2.98. The van der Waals surface area contributed by atoms with Gasteiger partial charge in [-0.1, -0.05) is 6.92 Å². The lowest BCUT2D eigenvalue weighted by molar-refractivity contribution is -0.0435. The molecule has 0 aliphatic carbocycles. The van der Waals surface area contributed by atoms with Gasteiger partial charge in [0.05, 0.1) is 11.8 Å². The molecule has 2 rings (SSSR count). The minimum absolute atomic E-state index is 0.155. The summed E-state index contributed by atoms with van der Waals surface area (Å²) in [6, 6.07) is 2.43. The average Bonchev–Trinajstić information content (AvgIpc) is 2.46. The van der Waals surface area contributed by atoms with Gasteiger partial charge in [0.1, 0.15) is 10.7 Å². The standard InChI is InChI=1S/C14H17F4NO3S/c1-9-5-6-19(8-12(9)22-2)11-4-3-10(15)7-13(11)23(20,21)14(16,17)18/h3-4,7,9,12H,5-6,8H2,1-2H3. The number of nitrogens with zero attached hydrogens (tertiary/aromatic N) is 1. The zero-order valence-corrected chi connectivity index (χ0v) is 13.4. The van der Waals surface area contributed by atoms with E-state index in [-0.39, 0.29) is 24.3 Å². The minimum atomic E-state index is -5.64. The molecular formula is C14H17F4NO3S. The lowest BCUT2D eigenvalue weighted by Crippen LogP contribution is -2.44. The lowest BCUT2D eigenvalue weighted by atomic mass is 9.95. The van der Waals surface area contributed by atoms with Gasteiger partial charge in [-0.15, -0.1) is 0 Å². The molecule has 2 atom stereocenters. The summed E-state index contributed by atoms with van der Waals surface area (Å²) < 4.78 is 80.7. The van der Waals surface area contributed by atoms with Gasteiger partial charge in [-0.3, -0.25) is 0 Å². The number of hydrogen-bond donors (Lipinski definition) is 0. The Hall–Kier alpha value is -1.35. The summed E-state index contributed by atoms with van der Waals surface area (Å²) in [5.74, 6) is -0.843. The Balaban J connectivity index is 2.49. The molecule has 130 valence electrons. The largest absolute Gasteiger partial charge is 0.501 e. The SMILES string of the molecule is COC1CN(c2ccc(F)cc2S(=O)(=O)C(F)(F)F)CCC1C. The van der Waals surface area contributed by atoms with Crippen LogP contribution in [0.5, 0.6) is 0 Å². The number of rotatable bonds is 3. The average molecular weight is 355 g/mol. The van der Waals surface area contributed by atoms with E-state index < -0.39 is 26.1 Å². The van der Waals surface area contributed by atoms with Gasteiger partial charge < -0.3 is 9.64 Å². The molecule has 1 aromatic carbocycles. The fraction of sp³-hybridized carbons (Fsp3) is 0.571. The number of halogens is 4. The maximum absolute atomic E-state index is 13.4. The molecule has 0 spiro atoms. The number of ether oxygens (including phenoxy) is 1. The van der Waals surface area contributed by atoms with E-state index >= 15 is 0 Å². The van der Waals surface area contributed by atoms with E-state index in [1.54, 1.807) is 0 Å². The Morgan fingerprint density at radius 1 is 1.30 bits per heavy atom. The minimum Gasteiger partial charge on any atom is -0.379 e. The van der Waals surface area contributed by atoms with Crippen molar-refractivity contribution in [2.45, 2.75) is 29.9 Å². The van der Waals surface area contributed by atoms with Crippen LogP contribution < -0.4 is 4.90 Å². The molecule has 23 heavy (non-hydrogen) atoms. The summed E-state index contributed by atoms with van der Waals surface area (Å²) in [4.78, 5) is 0.432. The summed E-state index contributed by atoms with van der Waals surface area (Å²) in [6.45, 7) is 2.56. The number of piperidine rings is 1. The molecule has 1 heterocycles. The Morgan fingerprint density at radius 3 is 2.52 bits per heavy atom.